The molecular formula is C16H28N2S. The van der Waals surface area contributed by atoms with E-state index in [2.05, 4.69) is 23.8 Å². The summed E-state index contributed by atoms with van der Waals surface area (Å²) in [5.74, 6) is 1.07. The lowest BCUT2D eigenvalue weighted by atomic mass is 10.1. The molecule has 0 aliphatic rings. The zero-order valence-corrected chi connectivity index (χ0v) is 13.3. The van der Waals surface area contributed by atoms with Crippen LogP contribution in [0.4, 0.5) is 0 Å². The van der Waals surface area contributed by atoms with Crippen molar-refractivity contribution in [2.45, 2.75) is 76.7 Å². The maximum atomic E-state index is 4.47. The van der Waals surface area contributed by atoms with Crippen LogP contribution in [-0.2, 0) is 6.42 Å². The van der Waals surface area contributed by atoms with Crippen LogP contribution in [-0.4, -0.2) is 15.7 Å². The molecule has 0 bridgehead atoms. The fourth-order valence-electron chi connectivity index (χ4n) is 2.21. The van der Waals surface area contributed by atoms with E-state index in [0.717, 1.165) is 17.2 Å². The van der Waals surface area contributed by atoms with Crippen molar-refractivity contribution >= 4 is 11.8 Å². The number of nitrogens with zero attached hydrogens (tertiary/aromatic N) is 2. The number of thioether (sulfide) groups is 1. The maximum Gasteiger partial charge on any atom is 0.118 e. The highest BCUT2D eigenvalue weighted by atomic mass is 32.2. The van der Waals surface area contributed by atoms with Gasteiger partial charge in [0.1, 0.15) is 5.03 Å². The van der Waals surface area contributed by atoms with Gasteiger partial charge in [-0.3, -0.25) is 4.98 Å². The van der Waals surface area contributed by atoms with Gasteiger partial charge in [0.25, 0.3) is 0 Å². The zero-order chi connectivity index (χ0) is 13.8. The van der Waals surface area contributed by atoms with Crippen molar-refractivity contribution < 1.29 is 0 Å². The molecule has 19 heavy (non-hydrogen) atoms. The normalized spacial score (nSPS) is 10.8. The molecule has 0 saturated carbocycles. The minimum atomic E-state index is 1.07. The van der Waals surface area contributed by atoms with Crippen LogP contribution in [0.5, 0.6) is 0 Å². The lowest BCUT2D eigenvalue weighted by Gasteiger charge is -2.05. The predicted molar refractivity (Wildman–Crippen MR) is 84.7 cm³/mol. The topological polar surface area (TPSA) is 25.8 Å². The summed E-state index contributed by atoms with van der Waals surface area (Å²) in [6.45, 7) is 4.44. The molecule has 2 nitrogen and oxygen atoms in total. The van der Waals surface area contributed by atoms with Crippen LogP contribution in [0.2, 0.25) is 0 Å². The van der Waals surface area contributed by atoms with Gasteiger partial charge in [0.2, 0.25) is 0 Å². The molecule has 0 amide bonds. The summed E-state index contributed by atoms with van der Waals surface area (Å²) in [6, 6.07) is 0. The van der Waals surface area contributed by atoms with E-state index in [4.69, 9.17) is 0 Å². The molecule has 3 heteroatoms. The fourth-order valence-corrected chi connectivity index (χ4v) is 2.94. The second-order valence-electron chi connectivity index (χ2n) is 4.97. The molecule has 0 saturated heterocycles. The summed E-state index contributed by atoms with van der Waals surface area (Å²) in [6.07, 6.45) is 15.6. The smallest absolute Gasteiger partial charge is 0.118 e. The van der Waals surface area contributed by atoms with Gasteiger partial charge in [-0.05, 0) is 18.6 Å². The molecule has 0 aromatic carbocycles. The van der Waals surface area contributed by atoms with Gasteiger partial charge in [-0.2, -0.15) is 0 Å². The van der Waals surface area contributed by atoms with E-state index in [9.17, 15) is 0 Å². The molecule has 0 spiro atoms. The minimum absolute atomic E-state index is 1.07. The Kier molecular flexibility index (Phi) is 9.78. The molecule has 1 aromatic rings. The first kappa shape index (κ1) is 16.5. The van der Waals surface area contributed by atoms with E-state index in [0.29, 0.717) is 0 Å². The Morgan fingerprint density at radius 2 is 1.47 bits per heavy atom. The highest BCUT2D eigenvalue weighted by Gasteiger charge is 2.04. The third-order valence-electron chi connectivity index (χ3n) is 3.28. The molecule has 1 heterocycles. The number of unbranched alkanes of at least 4 members (excludes halogenated alkanes) is 7. The summed E-state index contributed by atoms with van der Waals surface area (Å²) in [5, 5.41) is 1.13. The molecule has 0 aliphatic heterocycles. The quantitative estimate of drug-likeness (QED) is 0.408. The Labute approximate surface area is 122 Å². The van der Waals surface area contributed by atoms with Gasteiger partial charge in [0.05, 0.1) is 5.69 Å². The molecular weight excluding hydrogens is 252 g/mol. The molecule has 1 rings (SSSR count). The zero-order valence-electron chi connectivity index (χ0n) is 12.5. The molecule has 0 unspecified atom stereocenters. The molecule has 0 fully saturated rings. The second kappa shape index (κ2) is 11.3. The minimum Gasteiger partial charge on any atom is -0.257 e. The van der Waals surface area contributed by atoms with Crippen molar-refractivity contribution in [2.24, 2.45) is 0 Å². The predicted octanol–water partition coefficient (Wildman–Crippen LogP) is 5.27. The number of hydrogen-bond acceptors (Lipinski definition) is 3. The lowest BCUT2D eigenvalue weighted by Crippen LogP contribution is -1.96. The lowest BCUT2D eigenvalue weighted by molar-refractivity contribution is 0.572. The van der Waals surface area contributed by atoms with E-state index in [1.165, 1.54) is 57.1 Å². The summed E-state index contributed by atoms with van der Waals surface area (Å²) in [4.78, 5) is 8.89. The van der Waals surface area contributed by atoms with Crippen LogP contribution in [0, 0.1) is 0 Å². The largest absolute Gasteiger partial charge is 0.257 e. The van der Waals surface area contributed by atoms with Crippen LogP contribution in [0.15, 0.2) is 17.4 Å². The average Bonchev–Trinajstić information content (AvgIpc) is 2.44. The maximum absolute atomic E-state index is 4.47. The van der Waals surface area contributed by atoms with E-state index in [1.54, 1.807) is 18.0 Å². The van der Waals surface area contributed by atoms with Crippen molar-refractivity contribution in [3.8, 4) is 0 Å². The highest BCUT2D eigenvalue weighted by Crippen LogP contribution is 2.19. The van der Waals surface area contributed by atoms with Gasteiger partial charge in [-0.15, -0.1) is 11.8 Å². The first-order valence-corrected chi connectivity index (χ1v) is 8.79. The van der Waals surface area contributed by atoms with Gasteiger partial charge in [0, 0.05) is 12.4 Å². The van der Waals surface area contributed by atoms with Gasteiger partial charge >= 0.3 is 0 Å². The van der Waals surface area contributed by atoms with Crippen LogP contribution in [0.25, 0.3) is 0 Å². The van der Waals surface area contributed by atoms with Crippen LogP contribution < -0.4 is 0 Å². The molecule has 0 N–H and O–H groups in total. The summed E-state index contributed by atoms with van der Waals surface area (Å²) in [7, 11) is 0. The van der Waals surface area contributed by atoms with Crippen molar-refractivity contribution in [1.82, 2.24) is 9.97 Å². The fraction of sp³-hybridized carbons (Fsp3) is 0.750. The summed E-state index contributed by atoms with van der Waals surface area (Å²) >= 11 is 1.81. The standard InChI is InChI=1S/C16H28N2S/c1-3-5-6-7-8-9-10-11-12-15-16(19-4-2)18-14-13-17-15/h13-14H,3-12H2,1-2H3. The van der Waals surface area contributed by atoms with Crippen LogP contribution >= 0.6 is 11.8 Å². The van der Waals surface area contributed by atoms with Gasteiger partial charge in [0.15, 0.2) is 0 Å². The van der Waals surface area contributed by atoms with Crippen molar-refractivity contribution in [2.75, 3.05) is 5.75 Å². The van der Waals surface area contributed by atoms with Gasteiger partial charge in [-0.1, -0.05) is 58.8 Å². The van der Waals surface area contributed by atoms with Crippen molar-refractivity contribution in [1.29, 1.82) is 0 Å². The molecule has 0 atom stereocenters. The number of aryl methyl sites for hydroxylation is 1. The highest BCUT2D eigenvalue weighted by molar-refractivity contribution is 7.99. The molecule has 0 radical (unpaired) electrons. The van der Waals surface area contributed by atoms with Gasteiger partial charge in [-0.25, -0.2) is 4.98 Å². The first-order valence-electron chi connectivity index (χ1n) is 7.81. The molecule has 1 aromatic heterocycles. The average molecular weight is 280 g/mol. The Balaban J connectivity index is 2.12. The van der Waals surface area contributed by atoms with E-state index >= 15 is 0 Å². The number of rotatable bonds is 11. The Morgan fingerprint density at radius 3 is 2.16 bits per heavy atom. The molecule has 108 valence electrons. The van der Waals surface area contributed by atoms with E-state index in [1.807, 2.05) is 6.20 Å². The van der Waals surface area contributed by atoms with E-state index < -0.39 is 0 Å². The summed E-state index contributed by atoms with van der Waals surface area (Å²) in [5.41, 5.74) is 1.19. The Hall–Kier alpha value is -0.570. The third-order valence-corrected chi connectivity index (χ3v) is 4.19. The van der Waals surface area contributed by atoms with Crippen molar-refractivity contribution in [3.63, 3.8) is 0 Å². The Bertz CT molecular complexity index is 328. The monoisotopic (exact) mass is 280 g/mol. The van der Waals surface area contributed by atoms with Crippen LogP contribution in [0.1, 0.15) is 70.9 Å². The SMILES string of the molecule is CCCCCCCCCCc1nccnc1SCC. The van der Waals surface area contributed by atoms with Crippen LogP contribution in [0.3, 0.4) is 0 Å². The first-order chi connectivity index (χ1) is 9.38. The second-order valence-corrected chi connectivity index (χ2v) is 6.22. The molecule has 0 aliphatic carbocycles. The van der Waals surface area contributed by atoms with E-state index in [-0.39, 0.29) is 0 Å². The van der Waals surface area contributed by atoms with Gasteiger partial charge < -0.3 is 0 Å². The Morgan fingerprint density at radius 1 is 0.842 bits per heavy atom. The summed E-state index contributed by atoms with van der Waals surface area (Å²) < 4.78 is 0. The third kappa shape index (κ3) is 7.56. The number of hydrogen-bond donors (Lipinski definition) is 0. The number of aromatic nitrogens is 2. The van der Waals surface area contributed by atoms with Crippen molar-refractivity contribution in [3.05, 3.63) is 18.1 Å².